The van der Waals surface area contributed by atoms with E-state index in [1.165, 1.54) is 37.7 Å². The van der Waals surface area contributed by atoms with Crippen molar-refractivity contribution in [3.63, 3.8) is 0 Å². The minimum atomic E-state index is 0.507. The third-order valence-corrected chi connectivity index (χ3v) is 4.08. The molecule has 0 saturated heterocycles. The summed E-state index contributed by atoms with van der Waals surface area (Å²) in [5, 5.41) is 0. The Hall–Kier alpha value is -1.42. The van der Waals surface area contributed by atoms with Gasteiger partial charge in [-0.15, -0.1) is 12.3 Å². The van der Waals surface area contributed by atoms with Crippen molar-refractivity contribution in [3.8, 4) is 18.1 Å². The van der Waals surface area contributed by atoms with Gasteiger partial charge in [0.1, 0.15) is 5.75 Å². The van der Waals surface area contributed by atoms with Crippen LogP contribution in [0.2, 0.25) is 0 Å². The summed E-state index contributed by atoms with van der Waals surface area (Å²) in [7, 11) is 0. The Kier molecular flexibility index (Phi) is 5.33. The fourth-order valence-corrected chi connectivity index (χ4v) is 2.76. The molecule has 0 N–H and O–H groups in total. The molecule has 0 heterocycles. The lowest BCUT2D eigenvalue weighted by Crippen LogP contribution is -2.11. The van der Waals surface area contributed by atoms with E-state index < -0.39 is 0 Å². The Balaban J connectivity index is 1.86. The average Bonchev–Trinajstić information content (AvgIpc) is 2.48. The molecule has 19 heavy (non-hydrogen) atoms. The highest BCUT2D eigenvalue weighted by Gasteiger charge is 2.20. The number of benzene rings is 1. The Morgan fingerprint density at radius 2 is 1.84 bits per heavy atom. The number of hydrogen-bond acceptors (Lipinski definition) is 1. The second-order valence-corrected chi connectivity index (χ2v) is 5.49. The van der Waals surface area contributed by atoms with Crippen molar-refractivity contribution in [2.24, 2.45) is 5.92 Å². The van der Waals surface area contributed by atoms with E-state index in [4.69, 9.17) is 11.2 Å². The minimum absolute atomic E-state index is 0.507. The van der Waals surface area contributed by atoms with Gasteiger partial charge in [-0.05, 0) is 55.7 Å². The lowest BCUT2D eigenvalue weighted by molar-refractivity contribution is 0.309. The van der Waals surface area contributed by atoms with Gasteiger partial charge in [-0.2, -0.15) is 0 Å². The Bertz CT molecular complexity index is 404. The van der Waals surface area contributed by atoms with Crippen LogP contribution in [0.25, 0.3) is 0 Å². The van der Waals surface area contributed by atoms with Gasteiger partial charge in [0.15, 0.2) is 0 Å². The van der Waals surface area contributed by atoms with E-state index in [1.807, 2.05) is 0 Å². The van der Waals surface area contributed by atoms with Crippen molar-refractivity contribution in [2.45, 2.75) is 51.4 Å². The topological polar surface area (TPSA) is 9.23 Å². The second kappa shape index (κ2) is 7.24. The van der Waals surface area contributed by atoms with Gasteiger partial charge in [-0.25, -0.2) is 0 Å². The summed E-state index contributed by atoms with van der Waals surface area (Å²) < 4.78 is 5.70. The van der Waals surface area contributed by atoms with Crippen molar-refractivity contribution in [1.82, 2.24) is 0 Å². The van der Waals surface area contributed by atoms with Crippen LogP contribution in [-0.2, 0) is 0 Å². The summed E-state index contributed by atoms with van der Waals surface area (Å²) in [5.41, 5.74) is 1.44. The van der Waals surface area contributed by atoms with Gasteiger partial charge in [0.2, 0.25) is 0 Å². The quantitative estimate of drug-likeness (QED) is 0.544. The van der Waals surface area contributed by atoms with Crippen LogP contribution in [-0.4, -0.2) is 6.61 Å². The average molecular weight is 256 g/mol. The van der Waals surface area contributed by atoms with Crippen molar-refractivity contribution < 1.29 is 4.74 Å². The van der Waals surface area contributed by atoms with Crippen LogP contribution in [0.15, 0.2) is 24.3 Å². The fraction of sp³-hybridized carbons (Fsp3) is 0.556. The molecule has 0 amide bonds. The molecule has 2 rings (SSSR count). The number of unbranched alkanes of at least 4 members (excludes halogenated alkanes) is 1. The summed E-state index contributed by atoms with van der Waals surface area (Å²) in [6, 6.07) is 8.67. The van der Waals surface area contributed by atoms with Crippen molar-refractivity contribution >= 4 is 0 Å². The molecule has 1 nitrogen and oxygen atoms in total. The molecule has 0 bridgehead atoms. The van der Waals surface area contributed by atoms with Crippen LogP contribution in [0.4, 0.5) is 0 Å². The van der Waals surface area contributed by atoms with Crippen molar-refractivity contribution in [3.05, 3.63) is 29.8 Å². The van der Waals surface area contributed by atoms with Crippen LogP contribution < -0.4 is 4.74 Å². The summed E-state index contributed by atoms with van der Waals surface area (Å²) in [6.07, 6.45) is 12.6. The molecule has 1 fully saturated rings. The highest BCUT2D eigenvalue weighted by Crippen LogP contribution is 2.35. The highest BCUT2D eigenvalue weighted by molar-refractivity contribution is 5.29. The molecular weight excluding hydrogens is 232 g/mol. The highest BCUT2D eigenvalue weighted by atomic mass is 16.5. The zero-order valence-electron chi connectivity index (χ0n) is 11.9. The first-order chi connectivity index (χ1) is 9.33. The third-order valence-electron chi connectivity index (χ3n) is 4.08. The molecule has 0 atom stereocenters. The Labute approximate surface area is 117 Å². The summed E-state index contributed by atoms with van der Waals surface area (Å²) in [6.45, 7) is 3.00. The standard InChI is InChI=1S/C18H24O/c1-3-5-14-19-18-12-10-17(11-13-18)16-8-6-15(4-2)7-9-16/h2,10-13,15-16H,3,5-9,14H2,1H3/t15-,16-. The Morgan fingerprint density at radius 3 is 2.42 bits per heavy atom. The predicted octanol–water partition coefficient (Wildman–Crippen LogP) is 4.77. The molecule has 1 aromatic carbocycles. The monoisotopic (exact) mass is 256 g/mol. The molecule has 0 aliphatic heterocycles. The zero-order chi connectivity index (χ0) is 13.5. The normalized spacial score (nSPS) is 22.7. The van der Waals surface area contributed by atoms with E-state index >= 15 is 0 Å². The van der Waals surface area contributed by atoms with Crippen LogP contribution in [0, 0.1) is 18.3 Å². The van der Waals surface area contributed by atoms with E-state index in [-0.39, 0.29) is 0 Å². The van der Waals surface area contributed by atoms with E-state index in [2.05, 4.69) is 37.1 Å². The maximum absolute atomic E-state index is 5.70. The first kappa shape index (κ1) is 14.0. The molecule has 1 aliphatic carbocycles. The van der Waals surface area contributed by atoms with Gasteiger partial charge < -0.3 is 4.74 Å². The molecular formula is C18H24O. The lowest BCUT2D eigenvalue weighted by Gasteiger charge is -2.26. The van der Waals surface area contributed by atoms with Crippen LogP contribution in [0.1, 0.15) is 56.9 Å². The fourth-order valence-electron chi connectivity index (χ4n) is 2.76. The predicted molar refractivity (Wildman–Crippen MR) is 80.4 cm³/mol. The Morgan fingerprint density at radius 1 is 1.16 bits per heavy atom. The second-order valence-electron chi connectivity index (χ2n) is 5.49. The maximum Gasteiger partial charge on any atom is 0.119 e. The number of terminal acetylenes is 1. The number of ether oxygens (including phenoxy) is 1. The van der Waals surface area contributed by atoms with Gasteiger partial charge in [0, 0.05) is 5.92 Å². The first-order valence-electron chi connectivity index (χ1n) is 7.52. The summed E-state index contributed by atoms with van der Waals surface area (Å²) in [5.74, 6) is 5.09. The third kappa shape index (κ3) is 4.03. The first-order valence-corrected chi connectivity index (χ1v) is 7.52. The van der Waals surface area contributed by atoms with Gasteiger partial charge in [-0.3, -0.25) is 0 Å². The molecule has 1 heteroatoms. The maximum atomic E-state index is 5.70. The van der Waals surface area contributed by atoms with E-state index in [0.717, 1.165) is 18.8 Å². The van der Waals surface area contributed by atoms with Gasteiger partial charge >= 0.3 is 0 Å². The molecule has 1 aromatic rings. The van der Waals surface area contributed by atoms with E-state index in [0.29, 0.717) is 11.8 Å². The van der Waals surface area contributed by atoms with Crippen LogP contribution >= 0.6 is 0 Å². The zero-order valence-corrected chi connectivity index (χ0v) is 11.9. The molecule has 0 spiro atoms. The van der Waals surface area contributed by atoms with Crippen LogP contribution in [0.3, 0.4) is 0 Å². The summed E-state index contributed by atoms with van der Waals surface area (Å²) >= 11 is 0. The number of rotatable bonds is 5. The van der Waals surface area contributed by atoms with Crippen LogP contribution in [0.5, 0.6) is 5.75 Å². The number of hydrogen-bond donors (Lipinski definition) is 0. The summed E-state index contributed by atoms with van der Waals surface area (Å²) in [4.78, 5) is 0. The molecule has 1 saturated carbocycles. The van der Waals surface area contributed by atoms with E-state index in [1.54, 1.807) is 0 Å². The van der Waals surface area contributed by atoms with Crippen molar-refractivity contribution in [1.29, 1.82) is 0 Å². The lowest BCUT2D eigenvalue weighted by atomic mass is 9.79. The largest absolute Gasteiger partial charge is 0.494 e. The smallest absolute Gasteiger partial charge is 0.119 e. The molecule has 0 unspecified atom stereocenters. The SMILES string of the molecule is C#C[C@H]1CC[C@H](c2ccc(OCCCC)cc2)CC1. The van der Waals surface area contributed by atoms with Gasteiger partial charge in [0.25, 0.3) is 0 Å². The van der Waals surface area contributed by atoms with Crippen molar-refractivity contribution in [2.75, 3.05) is 6.61 Å². The van der Waals surface area contributed by atoms with Gasteiger partial charge in [0.05, 0.1) is 6.61 Å². The van der Waals surface area contributed by atoms with Gasteiger partial charge in [-0.1, -0.05) is 25.5 Å². The molecule has 1 aliphatic rings. The minimum Gasteiger partial charge on any atom is -0.494 e. The molecule has 0 aromatic heterocycles. The molecule has 0 radical (unpaired) electrons. The van der Waals surface area contributed by atoms with E-state index in [9.17, 15) is 0 Å². The molecule has 102 valence electrons.